The molecule has 0 aromatic heterocycles. The van der Waals surface area contributed by atoms with Crippen molar-refractivity contribution < 1.29 is 0 Å². The van der Waals surface area contributed by atoms with Crippen LogP contribution in [-0.2, 0) is 0 Å². The van der Waals surface area contributed by atoms with Gasteiger partial charge in [0, 0.05) is 0 Å². The van der Waals surface area contributed by atoms with Crippen LogP contribution in [0.15, 0.2) is 146 Å². The van der Waals surface area contributed by atoms with Crippen LogP contribution in [0.1, 0.15) is 12.8 Å². The van der Waals surface area contributed by atoms with E-state index in [0.29, 0.717) is 0 Å². The van der Waals surface area contributed by atoms with E-state index in [-0.39, 0.29) is 0 Å². The van der Waals surface area contributed by atoms with Gasteiger partial charge in [-0.1, -0.05) is 146 Å². The van der Waals surface area contributed by atoms with E-state index in [4.69, 9.17) is 0 Å². The fourth-order valence-electron chi connectivity index (χ4n) is 9.04. The molecule has 0 amide bonds. The van der Waals surface area contributed by atoms with Gasteiger partial charge >= 0.3 is 0 Å². The Morgan fingerprint density at radius 2 is 0.933 bits per heavy atom. The summed E-state index contributed by atoms with van der Waals surface area (Å²) in [4.78, 5) is 0. The predicted molar refractivity (Wildman–Crippen MR) is 197 cm³/mol. The first-order valence-electron chi connectivity index (χ1n) is 16.4. The third kappa shape index (κ3) is 3.53. The summed E-state index contributed by atoms with van der Waals surface area (Å²) in [5, 5.41) is 13.9. The third-order valence-corrected chi connectivity index (χ3v) is 16.3. The smallest absolute Gasteiger partial charge is 0.0623 e. The molecule has 1 spiro atoms. The summed E-state index contributed by atoms with van der Waals surface area (Å²) in [5.41, 5.74) is 8.30. The van der Waals surface area contributed by atoms with Crippen molar-refractivity contribution in [3.63, 3.8) is 0 Å². The van der Waals surface area contributed by atoms with Gasteiger partial charge in [-0.3, -0.25) is 0 Å². The summed E-state index contributed by atoms with van der Waals surface area (Å²) in [7, 11) is -1.71. The van der Waals surface area contributed by atoms with E-state index >= 15 is 0 Å². The predicted octanol–water partition coefficient (Wildman–Crippen LogP) is 11.0. The molecule has 2 heterocycles. The zero-order valence-corrected chi connectivity index (χ0v) is 26.2. The van der Waals surface area contributed by atoms with E-state index in [1.807, 2.05) is 0 Å². The lowest BCUT2D eigenvalue weighted by Gasteiger charge is -2.24. The standard InChI is InChI=1S/C44H32Si/c1-2-14-32-29(12-1)13-11-20-33(32)41-27-31-26-40(34-15-3-5-18-38(34)44(31)39-19-6-4-16-35(39)41)30-22-23-37-36-17-7-8-21-42(36)45(43(37)28-30)24-9-10-25-45/h1-8,11-23,26-28H,9-10,24-25H2. The highest BCUT2D eigenvalue weighted by molar-refractivity contribution is 7.06. The van der Waals surface area contributed by atoms with Crippen LogP contribution in [0.4, 0.5) is 0 Å². The van der Waals surface area contributed by atoms with Crippen molar-refractivity contribution in [1.29, 1.82) is 0 Å². The van der Waals surface area contributed by atoms with Crippen LogP contribution >= 0.6 is 0 Å². The lowest BCUT2D eigenvalue weighted by Crippen LogP contribution is -2.52. The van der Waals surface area contributed by atoms with Crippen molar-refractivity contribution in [3.05, 3.63) is 146 Å². The van der Waals surface area contributed by atoms with Gasteiger partial charge in [-0.25, -0.2) is 0 Å². The van der Waals surface area contributed by atoms with Crippen molar-refractivity contribution in [2.45, 2.75) is 24.9 Å². The van der Waals surface area contributed by atoms with Crippen LogP contribution in [0.3, 0.4) is 0 Å². The van der Waals surface area contributed by atoms with Gasteiger partial charge in [-0.2, -0.15) is 0 Å². The molecule has 2 aliphatic rings. The average molecular weight is 589 g/mol. The molecule has 0 saturated carbocycles. The number of hydrogen-bond acceptors (Lipinski definition) is 0. The lowest BCUT2D eigenvalue weighted by molar-refractivity contribution is 0.935. The van der Waals surface area contributed by atoms with Gasteiger partial charge in [-0.15, -0.1) is 0 Å². The van der Waals surface area contributed by atoms with Gasteiger partial charge < -0.3 is 0 Å². The Labute approximate surface area is 264 Å². The minimum atomic E-state index is -1.71. The first-order valence-corrected chi connectivity index (χ1v) is 18.8. The van der Waals surface area contributed by atoms with Crippen LogP contribution in [0.25, 0.3) is 76.5 Å². The van der Waals surface area contributed by atoms with Crippen LogP contribution in [0, 0.1) is 0 Å². The molecule has 0 atom stereocenters. The second-order valence-electron chi connectivity index (χ2n) is 13.2. The molecule has 0 aliphatic carbocycles. The van der Waals surface area contributed by atoms with Crippen LogP contribution < -0.4 is 10.4 Å². The quantitative estimate of drug-likeness (QED) is 0.139. The third-order valence-electron chi connectivity index (χ3n) is 11.0. The average Bonchev–Trinajstić information content (AvgIpc) is 3.71. The normalized spacial score (nSPS) is 14.9. The molecule has 0 unspecified atom stereocenters. The van der Waals surface area contributed by atoms with Crippen molar-refractivity contribution in [2.75, 3.05) is 0 Å². The molecule has 1 saturated heterocycles. The molecule has 1 fully saturated rings. The van der Waals surface area contributed by atoms with E-state index in [1.165, 1.54) is 101 Å². The molecule has 0 N–H and O–H groups in total. The summed E-state index contributed by atoms with van der Waals surface area (Å²) in [6.07, 6.45) is 2.74. The molecule has 0 nitrogen and oxygen atoms in total. The Bertz CT molecular complexity index is 2490. The fourth-order valence-corrected chi connectivity index (χ4v) is 14.7. The van der Waals surface area contributed by atoms with Crippen LogP contribution in [0.2, 0.25) is 12.1 Å². The van der Waals surface area contributed by atoms with Crippen LogP contribution in [0.5, 0.6) is 0 Å². The molecular weight excluding hydrogens is 557 g/mol. The molecule has 8 aromatic rings. The Kier molecular flexibility index (Phi) is 5.36. The van der Waals surface area contributed by atoms with E-state index in [9.17, 15) is 0 Å². The molecule has 45 heavy (non-hydrogen) atoms. The van der Waals surface area contributed by atoms with Gasteiger partial charge in [0.1, 0.15) is 8.07 Å². The first-order chi connectivity index (χ1) is 22.3. The Morgan fingerprint density at radius 3 is 1.73 bits per heavy atom. The second-order valence-corrected chi connectivity index (χ2v) is 17.4. The van der Waals surface area contributed by atoms with Crippen molar-refractivity contribution in [2.24, 2.45) is 0 Å². The molecule has 0 bridgehead atoms. The number of hydrogen-bond donors (Lipinski definition) is 0. The Hall–Kier alpha value is -4.98. The van der Waals surface area contributed by atoms with E-state index in [0.717, 1.165) is 0 Å². The van der Waals surface area contributed by atoms with Crippen LogP contribution in [-0.4, -0.2) is 8.07 Å². The number of rotatable bonds is 2. The zero-order chi connectivity index (χ0) is 29.5. The molecule has 2 aliphatic heterocycles. The Balaban J connectivity index is 1.28. The highest BCUT2D eigenvalue weighted by Gasteiger charge is 2.47. The summed E-state index contributed by atoms with van der Waals surface area (Å²) >= 11 is 0. The van der Waals surface area contributed by atoms with E-state index in [1.54, 1.807) is 10.4 Å². The maximum absolute atomic E-state index is 2.62. The summed E-state index contributed by atoms with van der Waals surface area (Å²) in [5.74, 6) is 0. The molecular formula is C44H32Si. The van der Waals surface area contributed by atoms with Gasteiger partial charge in [0.25, 0.3) is 0 Å². The molecule has 0 radical (unpaired) electrons. The van der Waals surface area contributed by atoms with Gasteiger partial charge in [0.2, 0.25) is 0 Å². The minimum Gasteiger partial charge on any atom is -0.0623 e. The fraction of sp³-hybridized carbons (Fsp3) is 0.0909. The maximum Gasteiger partial charge on any atom is 0.119 e. The molecule has 212 valence electrons. The zero-order valence-electron chi connectivity index (χ0n) is 25.2. The SMILES string of the molecule is c1ccc2c(c1)-c1ccc(-c3cc4cc(-c5cccc6ccccc56)c5ccccc5c4c4ccccc34)cc1[Si]21CCCC1. The summed E-state index contributed by atoms with van der Waals surface area (Å²) < 4.78 is 0. The van der Waals surface area contributed by atoms with Crippen molar-refractivity contribution in [3.8, 4) is 33.4 Å². The Morgan fingerprint density at radius 1 is 0.356 bits per heavy atom. The molecule has 10 rings (SSSR count). The number of fused-ring (bicyclic) bond motifs is 11. The van der Waals surface area contributed by atoms with Gasteiger partial charge in [0.05, 0.1) is 0 Å². The summed E-state index contributed by atoms with van der Waals surface area (Å²) in [6, 6.07) is 58.1. The van der Waals surface area contributed by atoms with Gasteiger partial charge in [-0.05, 0) is 111 Å². The van der Waals surface area contributed by atoms with E-state index < -0.39 is 8.07 Å². The van der Waals surface area contributed by atoms with E-state index in [2.05, 4.69) is 146 Å². The van der Waals surface area contributed by atoms with Gasteiger partial charge in [0.15, 0.2) is 0 Å². The van der Waals surface area contributed by atoms with Crippen molar-refractivity contribution in [1.82, 2.24) is 0 Å². The second kappa shape index (κ2) is 9.51. The summed E-state index contributed by atoms with van der Waals surface area (Å²) in [6.45, 7) is 0. The first kappa shape index (κ1) is 25.4. The largest absolute Gasteiger partial charge is 0.119 e. The molecule has 8 aromatic carbocycles. The van der Waals surface area contributed by atoms with Crippen molar-refractivity contribution >= 4 is 61.5 Å². The lowest BCUT2D eigenvalue weighted by atomic mass is 9.86. The highest BCUT2D eigenvalue weighted by atomic mass is 28.3. The minimum absolute atomic E-state index is 1.28. The maximum atomic E-state index is 2.62. The number of benzene rings is 8. The monoisotopic (exact) mass is 588 g/mol. The highest BCUT2D eigenvalue weighted by Crippen LogP contribution is 2.45. The topological polar surface area (TPSA) is 0 Å². The molecule has 1 heteroatoms.